The molecule has 200 valence electrons. The lowest BCUT2D eigenvalue weighted by Crippen LogP contribution is -2.48. The Hall–Kier alpha value is -3.65. The number of nitrogens with zero attached hydrogens (tertiary/aromatic N) is 2. The lowest BCUT2D eigenvalue weighted by atomic mass is 9.90. The second-order valence-electron chi connectivity index (χ2n) is 10.6. The van der Waals surface area contributed by atoms with E-state index in [-0.39, 0.29) is 17.7 Å². The number of amides is 2. The molecule has 1 aliphatic carbocycles. The monoisotopic (exact) mass is 515 g/mol. The number of pyridine rings is 1. The van der Waals surface area contributed by atoms with E-state index in [1.54, 1.807) is 0 Å². The van der Waals surface area contributed by atoms with Crippen molar-refractivity contribution in [3.63, 3.8) is 0 Å². The van der Waals surface area contributed by atoms with E-state index in [0.29, 0.717) is 23.5 Å². The molecule has 0 radical (unpaired) electrons. The molecule has 0 bridgehead atoms. The molecular formula is C30H37N5O3. The molecule has 1 aliphatic heterocycles. The van der Waals surface area contributed by atoms with E-state index in [1.807, 2.05) is 56.4 Å². The van der Waals surface area contributed by atoms with Crippen molar-refractivity contribution in [3.05, 3.63) is 76.5 Å². The third-order valence-electron chi connectivity index (χ3n) is 8.07. The number of benzene rings is 1. The minimum Gasteiger partial charge on any atom is -0.618 e. The van der Waals surface area contributed by atoms with E-state index in [2.05, 4.69) is 20.5 Å². The molecule has 0 unspecified atom stereocenters. The van der Waals surface area contributed by atoms with Crippen molar-refractivity contribution in [2.45, 2.75) is 71.5 Å². The van der Waals surface area contributed by atoms with Crippen molar-refractivity contribution in [3.8, 4) is 11.1 Å². The average Bonchev–Trinajstić information content (AvgIpc) is 3.17. The molecule has 3 aromatic rings. The summed E-state index contributed by atoms with van der Waals surface area (Å²) in [6.45, 7) is 6.16. The fourth-order valence-electron chi connectivity index (χ4n) is 5.93. The van der Waals surface area contributed by atoms with Gasteiger partial charge in [0.25, 0.3) is 5.91 Å². The number of carbonyl (C=O) groups is 2. The van der Waals surface area contributed by atoms with Crippen LogP contribution in [-0.4, -0.2) is 29.0 Å². The molecule has 2 aromatic heterocycles. The minimum absolute atomic E-state index is 0.0967. The molecule has 38 heavy (non-hydrogen) atoms. The third-order valence-corrected chi connectivity index (χ3v) is 8.07. The predicted octanol–water partition coefficient (Wildman–Crippen LogP) is 4.22. The predicted molar refractivity (Wildman–Crippen MR) is 148 cm³/mol. The van der Waals surface area contributed by atoms with Crippen LogP contribution < -0.4 is 20.7 Å². The summed E-state index contributed by atoms with van der Waals surface area (Å²) in [5.41, 5.74) is 5.75. The van der Waals surface area contributed by atoms with Gasteiger partial charge in [0.15, 0.2) is 11.9 Å². The summed E-state index contributed by atoms with van der Waals surface area (Å²) in [5.74, 6) is -0.281. The number of hydrogen-bond donors (Lipinski definition) is 3. The molecule has 0 spiro atoms. The molecule has 8 nitrogen and oxygen atoms in total. The van der Waals surface area contributed by atoms with Crippen LogP contribution in [0.3, 0.4) is 0 Å². The molecule has 1 atom stereocenters. The SMILES string of the molecule is Cc1cc[n+]([O-])c(C)c1-c1ccc(NC(=O)[C@@H](NC(=O)c2ccn3c2CNCC3)C2CCCCCC2)cc1. The molecule has 0 saturated heterocycles. The fraction of sp³-hybridized carbons (Fsp3) is 0.433. The van der Waals surface area contributed by atoms with Crippen molar-refractivity contribution >= 4 is 17.5 Å². The molecule has 1 saturated carbocycles. The first-order valence-corrected chi connectivity index (χ1v) is 13.7. The zero-order valence-electron chi connectivity index (χ0n) is 22.3. The van der Waals surface area contributed by atoms with Crippen molar-refractivity contribution in [1.82, 2.24) is 15.2 Å². The van der Waals surface area contributed by atoms with Crippen LogP contribution in [0.2, 0.25) is 0 Å². The zero-order valence-corrected chi connectivity index (χ0v) is 22.3. The Morgan fingerprint density at radius 3 is 2.53 bits per heavy atom. The van der Waals surface area contributed by atoms with E-state index >= 15 is 0 Å². The van der Waals surface area contributed by atoms with Gasteiger partial charge in [0.2, 0.25) is 5.91 Å². The number of nitrogens with one attached hydrogen (secondary N) is 3. The summed E-state index contributed by atoms with van der Waals surface area (Å²) in [4.78, 5) is 27.0. The van der Waals surface area contributed by atoms with E-state index in [1.165, 1.54) is 19.0 Å². The normalized spacial score (nSPS) is 16.8. The molecule has 3 N–H and O–H groups in total. The second kappa shape index (κ2) is 11.4. The maximum atomic E-state index is 13.6. The topological polar surface area (TPSA) is 102 Å². The Morgan fingerprint density at radius 1 is 1.05 bits per heavy atom. The standard InChI is InChI=1S/C30H37N5O3/c1-20-13-17-35(38)21(2)27(20)22-9-11-24(12-10-22)32-30(37)28(23-7-5-3-4-6-8-23)33-29(36)25-14-16-34-18-15-31-19-26(25)34/h9-14,16-17,23,28,31H,3-8,15,18-19H2,1-2H3,(H,32,37)(H,33,36)/t28-/m0/s1. The van der Waals surface area contributed by atoms with Crippen LogP contribution in [0.15, 0.2) is 48.8 Å². The van der Waals surface area contributed by atoms with Gasteiger partial charge in [-0.05, 0) is 55.0 Å². The highest BCUT2D eigenvalue weighted by Crippen LogP contribution is 2.29. The maximum Gasteiger partial charge on any atom is 0.253 e. The van der Waals surface area contributed by atoms with E-state index in [4.69, 9.17) is 0 Å². The quantitative estimate of drug-likeness (QED) is 0.260. The number of anilines is 1. The van der Waals surface area contributed by atoms with Crippen LogP contribution in [0.25, 0.3) is 11.1 Å². The van der Waals surface area contributed by atoms with Gasteiger partial charge in [0.05, 0.1) is 11.1 Å². The van der Waals surface area contributed by atoms with Gasteiger partial charge >= 0.3 is 0 Å². The van der Waals surface area contributed by atoms with Crippen molar-refractivity contribution in [2.75, 3.05) is 11.9 Å². The molecule has 5 rings (SSSR count). The Balaban J connectivity index is 1.35. The number of hydrogen-bond acceptors (Lipinski definition) is 4. The minimum atomic E-state index is -0.606. The van der Waals surface area contributed by atoms with Crippen LogP contribution in [0.1, 0.15) is 65.8 Å². The summed E-state index contributed by atoms with van der Waals surface area (Å²) >= 11 is 0. The Labute approximate surface area is 224 Å². The molecule has 2 amide bonds. The van der Waals surface area contributed by atoms with Gasteiger partial charge in [0.1, 0.15) is 6.04 Å². The second-order valence-corrected chi connectivity index (χ2v) is 10.6. The molecule has 1 fully saturated rings. The van der Waals surface area contributed by atoms with Gasteiger partial charge in [-0.25, -0.2) is 0 Å². The number of aryl methyl sites for hydroxylation is 1. The largest absolute Gasteiger partial charge is 0.618 e. The molecule has 1 aromatic carbocycles. The Morgan fingerprint density at radius 2 is 1.79 bits per heavy atom. The first-order valence-electron chi connectivity index (χ1n) is 13.7. The van der Waals surface area contributed by atoms with Crippen molar-refractivity contribution in [1.29, 1.82) is 0 Å². The molecule has 8 heteroatoms. The van der Waals surface area contributed by atoms with Crippen molar-refractivity contribution in [2.24, 2.45) is 5.92 Å². The summed E-state index contributed by atoms with van der Waals surface area (Å²) in [5, 5.41) is 21.6. The Kier molecular flexibility index (Phi) is 7.79. The zero-order chi connectivity index (χ0) is 26.6. The van der Waals surface area contributed by atoms with Gasteiger partial charge in [-0.3, -0.25) is 9.59 Å². The average molecular weight is 516 g/mol. The third kappa shape index (κ3) is 5.45. The first-order chi connectivity index (χ1) is 18.4. The molecular weight excluding hydrogens is 478 g/mol. The van der Waals surface area contributed by atoms with Crippen molar-refractivity contribution < 1.29 is 14.3 Å². The van der Waals surface area contributed by atoms with Gasteiger partial charge < -0.3 is 25.7 Å². The van der Waals surface area contributed by atoms with Crippen LogP contribution in [-0.2, 0) is 17.9 Å². The van der Waals surface area contributed by atoms with Crippen LogP contribution in [0.5, 0.6) is 0 Å². The number of aromatic nitrogens is 2. The van der Waals surface area contributed by atoms with Gasteiger partial charge in [-0.15, -0.1) is 0 Å². The van der Waals surface area contributed by atoms with Crippen LogP contribution >= 0.6 is 0 Å². The van der Waals surface area contributed by atoms with Gasteiger partial charge in [-0.2, -0.15) is 4.73 Å². The van der Waals surface area contributed by atoms with Gasteiger partial charge in [0, 0.05) is 50.2 Å². The summed E-state index contributed by atoms with van der Waals surface area (Å²) in [6, 6.07) is 10.6. The van der Waals surface area contributed by atoms with E-state index in [9.17, 15) is 14.8 Å². The highest BCUT2D eigenvalue weighted by Gasteiger charge is 2.32. The highest BCUT2D eigenvalue weighted by atomic mass is 16.5. The molecule has 3 heterocycles. The van der Waals surface area contributed by atoms with Gasteiger partial charge in [-0.1, -0.05) is 37.8 Å². The summed E-state index contributed by atoms with van der Waals surface area (Å²) < 4.78 is 2.98. The lowest BCUT2D eigenvalue weighted by Gasteiger charge is -2.27. The first kappa shape index (κ1) is 26.0. The maximum absolute atomic E-state index is 13.6. The van der Waals surface area contributed by atoms with E-state index < -0.39 is 6.04 Å². The van der Waals surface area contributed by atoms with Crippen LogP contribution in [0.4, 0.5) is 5.69 Å². The highest BCUT2D eigenvalue weighted by molar-refractivity contribution is 6.02. The number of carbonyl (C=O) groups excluding carboxylic acids is 2. The van der Waals surface area contributed by atoms with E-state index in [0.717, 1.165) is 65.9 Å². The van der Waals surface area contributed by atoms with Crippen LogP contribution in [0, 0.1) is 25.0 Å². The summed E-state index contributed by atoms with van der Waals surface area (Å²) in [6.07, 6.45) is 9.80. The molecule has 2 aliphatic rings. The lowest BCUT2D eigenvalue weighted by molar-refractivity contribution is -0.611. The Bertz CT molecular complexity index is 1310. The number of rotatable bonds is 6. The number of fused-ring (bicyclic) bond motifs is 1. The fourth-order valence-corrected chi connectivity index (χ4v) is 5.93. The smallest absolute Gasteiger partial charge is 0.253 e. The summed E-state index contributed by atoms with van der Waals surface area (Å²) in [7, 11) is 0.